The van der Waals surface area contributed by atoms with Crippen LogP contribution in [0.25, 0.3) is 0 Å². The molecule has 0 bridgehead atoms. The monoisotopic (exact) mass is 385 g/mol. The van der Waals surface area contributed by atoms with E-state index in [-0.39, 0.29) is 31.3 Å². The van der Waals surface area contributed by atoms with E-state index in [1.54, 1.807) is 6.92 Å². The summed E-state index contributed by atoms with van der Waals surface area (Å²) in [5, 5.41) is 0. The lowest BCUT2D eigenvalue weighted by Gasteiger charge is -2.16. The quantitative estimate of drug-likeness (QED) is 0.442. The zero-order valence-electron chi connectivity index (χ0n) is 14.0. The largest absolute Gasteiger partial charge is 0.485 e. The van der Waals surface area contributed by atoms with Crippen molar-refractivity contribution in [3.8, 4) is 5.75 Å². The van der Waals surface area contributed by atoms with Crippen molar-refractivity contribution < 1.29 is 35.8 Å². The average molecular weight is 385 g/mol. The van der Waals surface area contributed by atoms with Crippen molar-refractivity contribution in [2.24, 2.45) is 0 Å². The summed E-state index contributed by atoms with van der Waals surface area (Å²) >= 11 is 0. The van der Waals surface area contributed by atoms with E-state index in [0.717, 1.165) is 6.07 Å². The fourth-order valence-corrected chi connectivity index (χ4v) is 3.23. The van der Waals surface area contributed by atoms with Gasteiger partial charge in [0.05, 0.1) is 12.4 Å². The van der Waals surface area contributed by atoms with Gasteiger partial charge in [-0.2, -0.15) is 0 Å². The number of alkyl halides is 2. The maximum absolute atomic E-state index is 13.6. The molecule has 0 saturated carbocycles. The summed E-state index contributed by atoms with van der Waals surface area (Å²) in [7, 11) is -2.13. The molecule has 0 amide bonds. The fourth-order valence-electron chi connectivity index (χ4n) is 1.94. The van der Waals surface area contributed by atoms with Gasteiger partial charge in [0.1, 0.15) is 13.4 Å². The second-order valence-corrected chi connectivity index (χ2v) is 7.09. The summed E-state index contributed by atoms with van der Waals surface area (Å²) in [6.45, 7) is 0.928. The maximum atomic E-state index is 13.6. The molecule has 1 aromatic rings. The lowest BCUT2D eigenvalue weighted by atomic mass is 10.1. The van der Waals surface area contributed by atoms with Crippen LogP contribution < -0.4 is 9.46 Å². The summed E-state index contributed by atoms with van der Waals surface area (Å²) in [6, 6.07) is 2.92. The Kier molecular flexibility index (Phi) is 9.19. The Morgan fingerprint density at radius 1 is 1.28 bits per heavy atom. The van der Waals surface area contributed by atoms with Crippen LogP contribution in [0, 0.1) is 5.82 Å². The number of halogens is 3. The van der Waals surface area contributed by atoms with Crippen LogP contribution in [0.2, 0.25) is 0 Å². The molecule has 1 rings (SSSR count). The van der Waals surface area contributed by atoms with E-state index in [1.807, 2.05) is 0 Å². The van der Waals surface area contributed by atoms with Crippen LogP contribution in [0.4, 0.5) is 13.2 Å². The summed E-state index contributed by atoms with van der Waals surface area (Å²) in [5.74, 6) is -1.30. The molecule has 144 valence electrons. The van der Waals surface area contributed by atoms with E-state index in [0.29, 0.717) is 5.56 Å². The van der Waals surface area contributed by atoms with Crippen LogP contribution in [0.3, 0.4) is 0 Å². The third-order valence-corrected chi connectivity index (χ3v) is 4.62. The van der Waals surface area contributed by atoms with Crippen molar-refractivity contribution in [1.82, 2.24) is 4.72 Å². The first kappa shape index (κ1) is 21.7. The van der Waals surface area contributed by atoms with Crippen molar-refractivity contribution in [1.29, 1.82) is 0 Å². The number of benzene rings is 1. The van der Waals surface area contributed by atoms with Crippen LogP contribution in [0.15, 0.2) is 18.2 Å². The van der Waals surface area contributed by atoms with E-state index >= 15 is 0 Å². The van der Waals surface area contributed by atoms with Gasteiger partial charge in [0, 0.05) is 13.2 Å². The van der Waals surface area contributed by atoms with Crippen LogP contribution in [0.1, 0.15) is 24.9 Å². The van der Waals surface area contributed by atoms with Crippen LogP contribution in [0.5, 0.6) is 5.75 Å². The highest BCUT2D eigenvalue weighted by Gasteiger charge is 2.17. The number of sulfonamides is 1. The van der Waals surface area contributed by atoms with Crippen LogP contribution >= 0.6 is 0 Å². The van der Waals surface area contributed by atoms with Gasteiger partial charge in [0.25, 0.3) is 6.43 Å². The summed E-state index contributed by atoms with van der Waals surface area (Å²) < 4.78 is 78.7. The van der Waals surface area contributed by atoms with Crippen molar-refractivity contribution >= 4 is 10.0 Å². The minimum atomic E-state index is -3.59. The summed E-state index contributed by atoms with van der Waals surface area (Å²) in [6.07, 6.45) is -2.46. The molecule has 25 heavy (non-hydrogen) atoms. The molecule has 6 nitrogen and oxygen atoms in total. The van der Waals surface area contributed by atoms with E-state index in [2.05, 4.69) is 9.46 Å². The predicted octanol–water partition coefficient (Wildman–Crippen LogP) is 2.46. The molecule has 0 saturated heterocycles. The average Bonchev–Trinajstić information content (AvgIpc) is 2.53. The van der Waals surface area contributed by atoms with Crippen molar-refractivity contribution in [3.63, 3.8) is 0 Å². The van der Waals surface area contributed by atoms with Crippen molar-refractivity contribution in [2.75, 3.05) is 32.9 Å². The molecule has 0 aromatic heterocycles. The zero-order chi connectivity index (χ0) is 18.9. The molecule has 0 heterocycles. The Bertz CT molecular complexity index is 628. The van der Waals surface area contributed by atoms with Gasteiger partial charge in [-0.15, -0.1) is 0 Å². The van der Waals surface area contributed by atoms with Gasteiger partial charge in [-0.1, -0.05) is 6.07 Å². The molecular weight excluding hydrogens is 363 g/mol. The molecule has 0 radical (unpaired) electrons. The normalized spacial score (nSPS) is 13.2. The molecule has 0 aliphatic carbocycles. The standard InChI is InChI=1S/C15H22F3NO5S/c1-11(19-25(20,21)7-3-6-23-10-22-2)12-4-5-13(16)14(8-12)24-9-15(17)18/h4-5,8,11,15,19H,3,6-7,9-10H2,1-2H3/t11-/m1/s1. The second-order valence-electron chi connectivity index (χ2n) is 5.22. The lowest BCUT2D eigenvalue weighted by Crippen LogP contribution is -2.29. The second kappa shape index (κ2) is 10.6. The van der Waals surface area contributed by atoms with Gasteiger partial charge in [-0.3, -0.25) is 0 Å². The summed E-state index contributed by atoms with van der Waals surface area (Å²) in [4.78, 5) is 0. The highest BCUT2D eigenvalue weighted by molar-refractivity contribution is 7.89. The van der Waals surface area contributed by atoms with Gasteiger partial charge in [-0.25, -0.2) is 26.3 Å². The number of nitrogens with one attached hydrogen (secondary N) is 1. The fraction of sp³-hybridized carbons (Fsp3) is 0.600. The number of rotatable bonds is 12. The minimum Gasteiger partial charge on any atom is -0.485 e. The van der Waals surface area contributed by atoms with Gasteiger partial charge in [-0.05, 0) is 31.0 Å². The van der Waals surface area contributed by atoms with Crippen LogP contribution in [-0.4, -0.2) is 47.7 Å². The Morgan fingerprint density at radius 3 is 2.64 bits per heavy atom. The molecular formula is C15H22F3NO5S. The SMILES string of the molecule is COCOCCCS(=O)(=O)N[C@H](C)c1ccc(F)c(OCC(F)F)c1. The molecule has 0 aliphatic rings. The molecule has 1 N–H and O–H groups in total. The van der Waals surface area contributed by atoms with E-state index in [1.165, 1.54) is 19.2 Å². The van der Waals surface area contributed by atoms with Crippen LogP contribution in [-0.2, 0) is 19.5 Å². The maximum Gasteiger partial charge on any atom is 0.272 e. The first-order valence-corrected chi connectivity index (χ1v) is 9.17. The Balaban J connectivity index is 2.63. The van der Waals surface area contributed by atoms with E-state index in [4.69, 9.17) is 9.47 Å². The highest BCUT2D eigenvalue weighted by Crippen LogP contribution is 2.23. The first-order valence-electron chi connectivity index (χ1n) is 7.52. The molecule has 0 unspecified atom stereocenters. The molecule has 1 aromatic carbocycles. The number of ether oxygens (including phenoxy) is 3. The topological polar surface area (TPSA) is 73.9 Å². The number of hydrogen-bond acceptors (Lipinski definition) is 5. The number of methoxy groups -OCH3 is 1. The van der Waals surface area contributed by atoms with E-state index < -0.39 is 34.9 Å². The number of hydrogen-bond donors (Lipinski definition) is 1. The highest BCUT2D eigenvalue weighted by atomic mass is 32.2. The Hall–Kier alpha value is -1.36. The Morgan fingerprint density at radius 2 is 2.00 bits per heavy atom. The lowest BCUT2D eigenvalue weighted by molar-refractivity contribution is -0.0298. The molecule has 0 aliphatic heterocycles. The van der Waals surface area contributed by atoms with Gasteiger partial charge in [0.15, 0.2) is 11.6 Å². The smallest absolute Gasteiger partial charge is 0.272 e. The van der Waals surface area contributed by atoms with Gasteiger partial charge < -0.3 is 14.2 Å². The zero-order valence-corrected chi connectivity index (χ0v) is 14.8. The first-order chi connectivity index (χ1) is 11.7. The molecule has 10 heteroatoms. The van der Waals surface area contributed by atoms with Gasteiger partial charge >= 0.3 is 0 Å². The molecule has 0 fully saturated rings. The van der Waals surface area contributed by atoms with Crippen molar-refractivity contribution in [3.05, 3.63) is 29.6 Å². The summed E-state index contributed by atoms with van der Waals surface area (Å²) in [5.41, 5.74) is 0.393. The molecule has 0 spiro atoms. The Labute approximate surface area is 145 Å². The predicted molar refractivity (Wildman–Crippen MR) is 85.7 cm³/mol. The third kappa shape index (κ3) is 8.52. The van der Waals surface area contributed by atoms with Gasteiger partial charge in [0.2, 0.25) is 10.0 Å². The minimum absolute atomic E-state index is 0.0842. The third-order valence-electron chi connectivity index (χ3n) is 3.08. The molecule has 1 atom stereocenters. The van der Waals surface area contributed by atoms with E-state index in [9.17, 15) is 21.6 Å². The van der Waals surface area contributed by atoms with Crippen molar-refractivity contribution in [2.45, 2.75) is 25.8 Å².